The predicted octanol–water partition coefficient (Wildman–Crippen LogP) is 1.04. The normalized spacial score (nSPS) is 16.9. The number of nitrogens with one attached hydrogen (secondary N) is 2. The van der Waals surface area contributed by atoms with E-state index in [0.717, 1.165) is 51.4 Å². The second-order valence-electron chi connectivity index (χ2n) is 4.55. The standard InChI is InChI=1S/C13H20ClN3O/c14-12-9-11(1-2-13(12)18)10-16-5-8-17-6-3-15-4-7-17/h1-2,9,15-16,18H,3-8,10H2. The van der Waals surface area contributed by atoms with Gasteiger partial charge in [-0.25, -0.2) is 0 Å². The Kier molecular flexibility index (Phi) is 5.26. The molecule has 3 N–H and O–H groups in total. The van der Waals surface area contributed by atoms with Crippen LogP contribution in [0.4, 0.5) is 0 Å². The highest BCUT2D eigenvalue weighted by atomic mass is 35.5. The van der Waals surface area contributed by atoms with Gasteiger partial charge in [-0.15, -0.1) is 0 Å². The summed E-state index contributed by atoms with van der Waals surface area (Å²) in [7, 11) is 0. The minimum absolute atomic E-state index is 0.140. The van der Waals surface area contributed by atoms with E-state index in [2.05, 4.69) is 15.5 Å². The number of phenolic OH excluding ortho intramolecular Hbond substituents is 1. The fourth-order valence-corrected chi connectivity index (χ4v) is 2.27. The molecule has 2 rings (SSSR count). The van der Waals surface area contributed by atoms with E-state index in [4.69, 9.17) is 11.6 Å². The van der Waals surface area contributed by atoms with Crippen molar-refractivity contribution in [3.05, 3.63) is 28.8 Å². The quantitative estimate of drug-likeness (QED) is 0.699. The Bertz CT molecular complexity index is 380. The molecule has 4 nitrogen and oxygen atoms in total. The minimum Gasteiger partial charge on any atom is -0.506 e. The molecule has 100 valence electrons. The van der Waals surface area contributed by atoms with Crippen LogP contribution in [0, 0.1) is 0 Å². The summed E-state index contributed by atoms with van der Waals surface area (Å²) < 4.78 is 0. The average molecular weight is 270 g/mol. The maximum atomic E-state index is 9.32. The van der Waals surface area contributed by atoms with Gasteiger partial charge >= 0.3 is 0 Å². The highest BCUT2D eigenvalue weighted by Crippen LogP contribution is 2.23. The zero-order valence-corrected chi connectivity index (χ0v) is 11.2. The smallest absolute Gasteiger partial charge is 0.134 e. The molecule has 1 heterocycles. The highest BCUT2D eigenvalue weighted by molar-refractivity contribution is 6.32. The molecular weight excluding hydrogens is 250 g/mol. The maximum Gasteiger partial charge on any atom is 0.134 e. The van der Waals surface area contributed by atoms with Crippen LogP contribution < -0.4 is 10.6 Å². The zero-order valence-electron chi connectivity index (χ0n) is 10.5. The maximum absolute atomic E-state index is 9.32. The summed E-state index contributed by atoms with van der Waals surface area (Å²) >= 11 is 5.86. The third-order valence-electron chi connectivity index (χ3n) is 3.16. The van der Waals surface area contributed by atoms with E-state index < -0.39 is 0 Å². The van der Waals surface area contributed by atoms with Gasteiger partial charge in [-0.3, -0.25) is 4.90 Å². The van der Waals surface area contributed by atoms with Gasteiger partial charge in [0.25, 0.3) is 0 Å². The van der Waals surface area contributed by atoms with E-state index in [1.165, 1.54) is 0 Å². The summed E-state index contributed by atoms with van der Waals surface area (Å²) in [5, 5.41) is 16.5. The number of halogens is 1. The first-order valence-corrected chi connectivity index (χ1v) is 6.75. The number of nitrogens with zero attached hydrogens (tertiary/aromatic N) is 1. The van der Waals surface area contributed by atoms with Gasteiger partial charge < -0.3 is 15.7 Å². The minimum atomic E-state index is 0.140. The second kappa shape index (κ2) is 6.95. The Labute approximate surface area is 113 Å². The predicted molar refractivity (Wildman–Crippen MR) is 74.1 cm³/mol. The number of benzene rings is 1. The van der Waals surface area contributed by atoms with Crippen molar-refractivity contribution < 1.29 is 5.11 Å². The lowest BCUT2D eigenvalue weighted by atomic mass is 10.2. The lowest BCUT2D eigenvalue weighted by molar-refractivity contribution is 0.241. The van der Waals surface area contributed by atoms with Crippen LogP contribution in [0.1, 0.15) is 5.56 Å². The van der Waals surface area contributed by atoms with Crippen LogP contribution in [0.15, 0.2) is 18.2 Å². The Morgan fingerprint density at radius 3 is 2.83 bits per heavy atom. The number of phenols is 1. The molecule has 1 aliphatic heterocycles. The highest BCUT2D eigenvalue weighted by Gasteiger charge is 2.08. The van der Waals surface area contributed by atoms with E-state index in [1.54, 1.807) is 12.1 Å². The summed E-state index contributed by atoms with van der Waals surface area (Å²) in [6, 6.07) is 5.32. The number of hydrogen-bond donors (Lipinski definition) is 3. The van der Waals surface area contributed by atoms with Gasteiger partial charge in [0.15, 0.2) is 0 Å². The molecule has 0 unspecified atom stereocenters. The monoisotopic (exact) mass is 269 g/mol. The van der Waals surface area contributed by atoms with Crippen LogP contribution >= 0.6 is 11.6 Å². The largest absolute Gasteiger partial charge is 0.506 e. The number of rotatable bonds is 5. The first kappa shape index (κ1) is 13.6. The van der Waals surface area contributed by atoms with Gasteiger partial charge in [-0.2, -0.15) is 0 Å². The number of piperazine rings is 1. The molecule has 1 saturated heterocycles. The molecule has 0 aromatic heterocycles. The van der Waals surface area contributed by atoms with E-state index in [0.29, 0.717) is 5.02 Å². The van der Waals surface area contributed by atoms with Gasteiger partial charge in [0, 0.05) is 45.8 Å². The van der Waals surface area contributed by atoms with Gasteiger partial charge in [0.05, 0.1) is 5.02 Å². The molecule has 1 aromatic carbocycles. The number of hydrogen-bond acceptors (Lipinski definition) is 4. The topological polar surface area (TPSA) is 47.5 Å². The molecule has 1 aromatic rings. The summed E-state index contributed by atoms with van der Waals surface area (Å²) in [4.78, 5) is 2.45. The van der Waals surface area contributed by atoms with Crippen LogP contribution in [0.25, 0.3) is 0 Å². The molecule has 0 aliphatic carbocycles. The molecule has 0 amide bonds. The molecule has 5 heteroatoms. The van der Waals surface area contributed by atoms with Crippen LogP contribution in [0.2, 0.25) is 5.02 Å². The first-order chi connectivity index (χ1) is 8.75. The van der Waals surface area contributed by atoms with E-state index >= 15 is 0 Å². The Morgan fingerprint density at radius 2 is 2.11 bits per heavy atom. The molecule has 0 bridgehead atoms. The third kappa shape index (κ3) is 4.14. The van der Waals surface area contributed by atoms with Crippen molar-refractivity contribution in [3.8, 4) is 5.75 Å². The third-order valence-corrected chi connectivity index (χ3v) is 3.46. The van der Waals surface area contributed by atoms with Crippen molar-refractivity contribution in [1.82, 2.24) is 15.5 Å². The molecule has 1 aliphatic rings. The molecule has 0 saturated carbocycles. The second-order valence-corrected chi connectivity index (χ2v) is 4.96. The SMILES string of the molecule is Oc1ccc(CNCCN2CCNCC2)cc1Cl. The van der Waals surface area contributed by atoms with Gasteiger partial charge in [0.2, 0.25) is 0 Å². The molecule has 0 atom stereocenters. The molecule has 1 fully saturated rings. The zero-order chi connectivity index (χ0) is 12.8. The van der Waals surface area contributed by atoms with Crippen LogP contribution in [0.5, 0.6) is 5.75 Å². The fraction of sp³-hybridized carbons (Fsp3) is 0.538. The lowest BCUT2D eigenvalue weighted by Crippen LogP contribution is -2.45. The lowest BCUT2D eigenvalue weighted by Gasteiger charge is -2.27. The molecule has 18 heavy (non-hydrogen) atoms. The average Bonchev–Trinajstić information content (AvgIpc) is 2.40. The summed E-state index contributed by atoms with van der Waals surface area (Å²) in [6.07, 6.45) is 0. The Morgan fingerprint density at radius 1 is 1.33 bits per heavy atom. The van der Waals surface area contributed by atoms with Crippen LogP contribution in [0.3, 0.4) is 0 Å². The van der Waals surface area contributed by atoms with Crippen molar-refractivity contribution in [3.63, 3.8) is 0 Å². The van der Waals surface area contributed by atoms with Gasteiger partial charge in [-0.1, -0.05) is 17.7 Å². The van der Waals surface area contributed by atoms with Crippen molar-refractivity contribution in [2.75, 3.05) is 39.3 Å². The van der Waals surface area contributed by atoms with Crippen LogP contribution in [-0.4, -0.2) is 49.3 Å². The molecule has 0 spiro atoms. The van der Waals surface area contributed by atoms with E-state index in [-0.39, 0.29) is 5.75 Å². The number of aromatic hydroxyl groups is 1. The van der Waals surface area contributed by atoms with Gasteiger partial charge in [0.1, 0.15) is 5.75 Å². The Hall–Kier alpha value is -0.810. The van der Waals surface area contributed by atoms with Gasteiger partial charge in [-0.05, 0) is 17.7 Å². The first-order valence-electron chi connectivity index (χ1n) is 6.37. The van der Waals surface area contributed by atoms with Crippen LogP contribution in [-0.2, 0) is 6.54 Å². The molecular formula is C13H20ClN3O. The van der Waals surface area contributed by atoms with Crippen molar-refractivity contribution in [2.24, 2.45) is 0 Å². The summed E-state index contributed by atoms with van der Waals surface area (Å²) in [5.41, 5.74) is 1.10. The van der Waals surface area contributed by atoms with Crippen molar-refractivity contribution in [1.29, 1.82) is 0 Å². The van der Waals surface area contributed by atoms with Crippen molar-refractivity contribution >= 4 is 11.6 Å². The molecule has 0 radical (unpaired) electrons. The van der Waals surface area contributed by atoms with E-state index in [9.17, 15) is 5.11 Å². The summed E-state index contributed by atoms with van der Waals surface area (Å²) in [5.74, 6) is 0.140. The fourth-order valence-electron chi connectivity index (χ4n) is 2.07. The summed E-state index contributed by atoms with van der Waals surface area (Å²) in [6.45, 7) is 7.28. The van der Waals surface area contributed by atoms with E-state index in [1.807, 2.05) is 6.07 Å². The van der Waals surface area contributed by atoms with Crippen molar-refractivity contribution in [2.45, 2.75) is 6.54 Å². The Balaban J connectivity index is 1.66.